The Hall–Kier alpha value is -2.54. The Morgan fingerprint density at radius 2 is 1.37 bits per heavy atom. The number of hydrogen-bond donors (Lipinski definition) is 0. The molecule has 0 bridgehead atoms. The molecule has 0 amide bonds. The van der Waals surface area contributed by atoms with Crippen molar-refractivity contribution in [1.29, 1.82) is 0 Å². The van der Waals surface area contributed by atoms with Crippen molar-refractivity contribution in [2.45, 2.75) is 0 Å². The molecule has 1 nitrogen and oxygen atoms in total. The van der Waals surface area contributed by atoms with Crippen molar-refractivity contribution in [3.8, 4) is 11.3 Å². The first-order chi connectivity index (χ1) is 9.43. The summed E-state index contributed by atoms with van der Waals surface area (Å²) in [6.07, 6.45) is 6.28. The van der Waals surface area contributed by atoms with E-state index in [1.165, 1.54) is 16.8 Å². The lowest BCUT2D eigenvalue weighted by atomic mass is 10.1. The lowest BCUT2D eigenvalue weighted by Crippen LogP contribution is -1.87. The normalized spacial score (nSPS) is 10.9. The van der Waals surface area contributed by atoms with Gasteiger partial charge in [-0.2, -0.15) is 0 Å². The third-order valence-corrected chi connectivity index (χ3v) is 3.08. The Bertz CT molecular complexity index is 663. The summed E-state index contributed by atoms with van der Waals surface area (Å²) in [5.41, 5.74) is 3.63. The second kappa shape index (κ2) is 5.40. The topological polar surface area (TPSA) is 4.93 Å². The van der Waals surface area contributed by atoms with Crippen LogP contribution in [-0.4, -0.2) is 4.57 Å². The summed E-state index contributed by atoms with van der Waals surface area (Å²) < 4.78 is 2.14. The van der Waals surface area contributed by atoms with E-state index >= 15 is 0 Å². The highest BCUT2D eigenvalue weighted by molar-refractivity contribution is 5.67. The largest absolute Gasteiger partial charge is 0.323 e. The van der Waals surface area contributed by atoms with Gasteiger partial charge in [0.1, 0.15) is 0 Å². The maximum atomic E-state index is 2.14. The molecule has 0 saturated heterocycles. The zero-order valence-corrected chi connectivity index (χ0v) is 10.6. The molecule has 0 unspecified atom stereocenters. The summed E-state index contributed by atoms with van der Waals surface area (Å²) in [7, 11) is 0. The summed E-state index contributed by atoms with van der Waals surface area (Å²) in [6, 6.07) is 24.9. The van der Waals surface area contributed by atoms with Crippen molar-refractivity contribution in [2.75, 3.05) is 0 Å². The Kier molecular flexibility index (Phi) is 3.28. The molecular weight excluding hydrogens is 230 g/mol. The first kappa shape index (κ1) is 11.5. The molecule has 0 aliphatic carbocycles. The zero-order chi connectivity index (χ0) is 12.9. The van der Waals surface area contributed by atoms with Crippen molar-refractivity contribution in [2.24, 2.45) is 0 Å². The fourth-order valence-electron chi connectivity index (χ4n) is 2.11. The first-order valence-electron chi connectivity index (χ1n) is 6.39. The number of rotatable bonds is 3. The maximum absolute atomic E-state index is 2.14. The molecule has 92 valence electrons. The summed E-state index contributed by atoms with van der Waals surface area (Å²) >= 11 is 0. The fourth-order valence-corrected chi connectivity index (χ4v) is 2.11. The van der Waals surface area contributed by atoms with E-state index in [2.05, 4.69) is 71.6 Å². The standard InChI is InChI=1S/C18H15N/c1-3-8-16(9-4-1)13-15-19-14-7-12-18(19)17-10-5-2-6-11-17/h1-15H/b15-13+. The maximum Gasteiger partial charge on any atom is 0.0522 e. The molecule has 0 saturated carbocycles. The molecule has 1 aromatic heterocycles. The molecule has 0 N–H and O–H groups in total. The Labute approximate surface area is 113 Å². The quantitative estimate of drug-likeness (QED) is 0.625. The lowest BCUT2D eigenvalue weighted by molar-refractivity contribution is 1.18. The summed E-state index contributed by atoms with van der Waals surface area (Å²) in [6.45, 7) is 0. The molecule has 0 radical (unpaired) electrons. The average Bonchev–Trinajstić information content (AvgIpc) is 2.95. The molecule has 1 heteroatoms. The van der Waals surface area contributed by atoms with Gasteiger partial charge in [-0.25, -0.2) is 0 Å². The highest BCUT2D eigenvalue weighted by Gasteiger charge is 2.00. The predicted molar refractivity (Wildman–Crippen MR) is 81.5 cm³/mol. The molecule has 3 aromatic rings. The summed E-state index contributed by atoms with van der Waals surface area (Å²) in [5.74, 6) is 0. The van der Waals surface area contributed by atoms with E-state index in [-0.39, 0.29) is 0 Å². The van der Waals surface area contributed by atoms with E-state index < -0.39 is 0 Å². The van der Waals surface area contributed by atoms with Gasteiger partial charge in [0.05, 0.1) is 5.69 Å². The van der Waals surface area contributed by atoms with E-state index in [9.17, 15) is 0 Å². The molecular formula is C18H15N. The molecule has 2 aromatic carbocycles. The SMILES string of the molecule is C(=C\n1cccc1-c1ccccc1)/c1ccccc1. The fraction of sp³-hybridized carbons (Fsp3) is 0. The Balaban J connectivity index is 1.91. The highest BCUT2D eigenvalue weighted by atomic mass is 14.9. The highest BCUT2D eigenvalue weighted by Crippen LogP contribution is 2.20. The lowest BCUT2D eigenvalue weighted by Gasteiger charge is -2.04. The van der Waals surface area contributed by atoms with Crippen LogP contribution in [0.2, 0.25) is 0 Å². The van der Waals surface area contributed by atoms with Crippen molar-refractivity contribution in [3.63, 3.8) is 0 Å². The molecule has 0 aliphatic rings. The van der Waals surface area contributed by atoms with Gasteiger partial charge >= 0.3 is 0 Å². The van der Waals surface area contributed by atoms with E-state index in [4.69, 9.17) is 0 Å². The van der Waals surface area contributed by atoms with Crippen LogP contribution < -0.4 is 0 Å². The molecule has 1 heterocycles. The van der Waals surface area contributed by atoms with Crippen LogP contribution in [0, 0.1) is 0 Å². The smallest absolute Gasteiger partial charge is 0.0522 e. The Morgan fingerprint density at radius 3 is 2.11 bits per heavy atom. The van der Waals surface area contributed by atoms with E-state index in [0.29, 0.717) is 0 Å². The molecule has 0 spiro atoms. The summed E-state index contributed by atoms with van der Waals surface area (Å²) in [5, 5.41) is 0. The predicted octanol–water partition coefficient (Wildman–Crippen LogP) is 4.78. The second-order valence-corrected chi connectivity index (χ2v) is 4.39. The van der Waals surface area contributed by atoms with Crippen LogP contribution in [-0.2, 0) is 0 Å². The molecule has 3 rings (SSSR count). The van der Waals surface area contributed by atoms with E-state index in [1.54, 1.807) is 0 Å². The van der Waals surface area contributed by atoms with Crippen LogP contribution >= 0.6 is 0 Å². The monoisotopic (exact) mass is 245 g/mol. The van der Waals surface area contributed by atoms with Crippen LogP contribution in [0.1, 0.15) is 5.56 Å². The van der Waals surface area contributed by atoms with Gasteiger partial charge in [0.15, 0.2) is 0 Å². The third kappa shape index (κ3) is 2.66. The third-order valence-electron chi connectivity index (χ3n) is 3.08. The summed E-state index contributed by atoms with van der Waals surface area (Å²) in [4.78, 5) is 0. The number of hydrogen-bond acceptors (Lipinski definition) is 0. The Morgan fingerprint density at radius 1 is 0.684 bits per heavy atom. The minimum absolute atomic E-state index is 1.20. The second-order valence-electron chi connectivity index (χ2n) is 4.39. The zero-order valence-electron chi connectivity index (χ0n) is 10.6. The number of benzene rings is 2. The van der Waals surface area contributed by atoms with Crippen molar-refractivity contribution in [3.05, 3.63) is 84.6 Å². The number of aromatic nitrogens is 1. The van der Waals surface area contributed by atoms with Gasteiger partial charge < -0.3 is 4.57 Å². The van der Waals surface area contributed by atoms with Gasteiger partial charge in [-0.1, -0.05) is 60.7 Å². The minimum Gasteiger partial charge on any atom is -0.323 e. The van der Waals surface area contributed by atoms with Crippen LogP contribution in [0.4, 0.5) is 0 Å². The minimum atomic E-state index is 1.20. The molecule has 19 heavy (non-hydrogen) atoms. The van der Waals surface area contributed by atoms with Crippen LogP contribution in [0.3, 0.4) is 0 Å². The van der Waals surface area contributed by atoms with Gasteiger partial charge in [-0.3, -0.25) is 0 Å². The van der Waals surface area contributed by atoms with Crippen LogP contribution in [0.5, 0.6) is 0 Å². The van der Waals surface area contributed by atoms with Crippen LogP contribution in [0.15, 0.2) is 79.0 Å². The van der Waals surface area contributed by atoms with Gasteiger partial charge in [0.2, 0.25) is 0 Å². The van der Waals surface area contributed by atoms with Crippen molar-refractivity contribution in [1.82, 2.24) is 4.57 Å². The molecule has 0 atom stereocenters. The van der Waals surface area contributed by atoms with Crippen molar-refractivity contribution >= 4 is 12.3 Å². The van der Waals surface area contributed by atoms with Gasteiger partial charge in [0.25, 0.3) is 0 Å². The van der Waals surface area contributed by atoms with Gasteiger partial charge in [0, 0.05) is 12.4 Å². The average molecular weight is 245 g/mol. The van der Waals surface area contributed by atoms with Gasteiger partial charge in [-0.05, 0) is 29.3 Å². The van der Waals surface area contributed by atoms with E-state index in [1.807, 2.05) is 24.3 Å². The molecule has 0 fully saturated rings. The molecule has 0 aliphatic heterocycles. The number of nitrogens with zero attached hydrogens (tertiary/aromatic N) is 1. The van der Waals surface area contributed by atoms with Crippen LogP contribution in [0.25, 0.3) is 23.5 Å². The van der Waals surface area contributed by atoms with Crippen molar-refractivity contribution < 1.29 is 0 Å². The van der Waals surface area contributed by atoms with E-state index in [0.717, 1.165) is 0 Å². The van der Waals surface area contributed by atoms with Gasteiger partial charge in [-0.15, -0.1) is 0 Å². The first-order valence-corrected chi connectivity index (χ1v) is 6.39.